The number of nitrogens with zero attached hydrogens (tertiary/aromatic N) is 2. The predicted octanol–water partition coefficient (Wildman–Crippen LogP) is 3.41. The quantitative estimate of drug-likeness (QED) is 0.934. The SMILES string of the molecule is Cc1cnc(-c2nc(CC(C)C)c(Br)c(=O)[nH]2)c(C)c1. The van der Waals surface area contributed by atoms with Crippen LogP contribution in [0.3, 0.4) is 0 Å². The van der Waals surface area contributed by atoms with Crippen molar-refractivity contribution in [3.8, 4) is 11.5 Å². The number of rotatable bonds is 3. The fraction of sp³-hybridized carbons (Fsp3) is 0.400. The standard InChI is InChI=1S/C15H18BrN3O/c1-8(2)5-11-12(16)15(20)19-14(18-11)13-10(4)6-9(3)7-17-13/h6-8H,5H2,1-4H3,(H,18,19,20). The van der Waals surface area contributed by atoms with Crippen molar-refractivity contribution >= 4 is 15.9 Å². The molecule has 2 rings (SSSR count). The van der Waals surface area contributed by atoms with E-state index in [2.05, 4.69) is 44.7 Å². The molecule has 2 aromatic heterocycles. The van der Waals surface area contributed by atoms with Crippen molar-refractivity contribution in [3.63, 3.8) is 0 Å². The summed E-state index contributed by atoms with van der Waals surface area (Å²) in [5.74, 6) is 0.965. The van der Waals surface area contributed by atoms with Crippen LogP contribution in [0, 0.1) is 19.8 Å². The van der Waals surface area contributed by atoms with Gasteiger partial charge < -0.3 is 4.98 Å². The summed E-state index contributed by atoms with van der Waals surface area (Å²) in [4.78, 5) is 23.8. The molecule has 1 N–H and O–H groups in total. The zero-order valence-corrected chi connectivity index (χ0v) is 13.7. The first-order valence-corrected chi connectivity index (χ1v) is 7.40. The van der Waals surface area contributed by atoms with Gasteiger partial charge in [-0.15, -0.1) is 0 Å². The van der Waals surface area contributed by atoms with Gasteiger partial charge in [0.2, 0.25) is 0 Å². The highest BCUT2D eigenvalue weighted by atomic mass is 79.9. The summed E-state index contributed by atoms with van der Waals surface area (Å²) < 4.78 is 0.514. The normalized spacial score (nSPS) is 11.1. The Morgan fingerprint density at radius 1 is 1.35 bits per heavy atom. The highest BCUT2D eigenvalue weighted by Gasteiger charge is 2.13. The van der Waals surface area contributed by atoms with Crippen LogP contribution < -0.4 is 5.56 Å². The molecule has 2 heterocycles. The van der Waals surface area contributed by atoms with Crippen molar-refractivity contribution in [3.05, 3.63) is 43.9 Å². The Morgan fingerprint density at radius 2 is 2.05 bits per heavy atom. The van der Waals surface area contributed by atoms with Gasteiger partial charge in [0, 0.05) is 6.20 Å². The van der Waals surface area contributed by atoms with Gasteiger partial charge in [-0.1, -0.05) is 19.9 Å². The highest BCUT2D eigenvalue weighted by molar-refractivity contribution is 9.10. The number of H-pyrrole nitrogens is 1. The molecule has 0 aliphatic rings. The molecule has 5 heteroatoms. The number of aromatic amines is 1. The maximum atomic E-state index is 12.0. The van der Waals surface area contributed by atoms with E-state index in [1.165, 1.54) is 0 Å². The van der Waals surface area contributed by atoms with Crippen LogP contribution in [0.15, 0.2) is 21.5 Å². The summed E-state index contributed by atoms with van der Waals surface area (Å²) >= 11 is 3.32. The largest absolute Gasteiger partial charge is 0.304 e. The average Bonchev–Trinajstić information content (AvgIpc) is 2.34. The Hall–Kier alpha value is -1.49. The summed E-state index contributed by atoms with van der Waals surface area (Å²) in [6.07, 6.45) is 2.54. The van der Waals surface area contributed by atoms with Gasteiger partial charge in [0.15, 0.2) is 5.82 Å². The minimum Gasteiger partial charge on any atom is -0.304 e. The predicted molar refractivity (Wildman–Crippen MR) is 83.8 cm³/mol. The second kappa shape index (κ2) is 5.87. The Labute approximate surface area is 126 Å². The summed E-state index contributed by atoms with van der Waals surface area (Å²) in [6, 6.07) is 2.03. The van der Waals surface area contributed by atoms with E-state index in [-0.39, 0.29) is 5.56 Å². The van der Waals surface area contributed by atoms with Crippen LogP contribution in [0.25, 0.3) is 11.5 Å². The highest BCUT2D eigenvalue weighted by Crippen LogP contribution is 2.20. The second-order valence-electron chi connectivity index (χ2n) is 5.45. The molecule has 0 unspecified atom stereocenters. The molecule has 0 amide bonds. The lowest BCUT2D eigenvalue weighted by molar-refractivity contribution is 0.631. The molecule has 0 atom stereocenters. The fourth-order valence-electron chi connectivity index (χ4n) is 2.10. The van der Waals surface area contributed by atoms with Gasteiger partial charge in [-0.2, -0.15) is 0 Å². The molecule has 0 saturated heterocycles. The molecule has 2 aromatic rings. The summed E-state index contributed by atoms with van der Waals surface area (Å²) in [5, 5.41) is 0. The van der Waals surface area contributed by atoms with Crippen LogP contribution >= 0.6 is 15.9 Å². The summed E-state index contributed by atoms with van der Waals surface area (Å²) in [7, 11) is 0. The third-order valence-corrected chi connectivity index (χ3v) is 3.79. The maximum absolute atomic E-state index is 12.0. The van der Waals surface area contributed by atoms with E-state index in [0.29, 0.717) is 16.2 Å². The van der Waals surface area contributed by atoms with E-state index >= 15 is 0 Å². The van der Waals surface area contributed by atoms with E-state index in [9.17, 15) is 4.79 Å². The molecular formula is C15H18BrN3O. The molecule has 0 aliphatic heterocycles. The fourth-order valence-corrected chi connectivity index (χ4v) is 2.45. The summed E-state index contributed by atoms with van der Waals surface area (Å²) in [5.41, 5.74) is 3.44. The van der Waals surface area contributed by atoms with Gasteiger partial charge in [-0.05, 0) is 53.2 Å². The van der Waals surface area contributed by atoms with Gasteiger partial charge in [0.1, 0.15) is 10.2 Å². The maximum Gasteiger partial charge on any atom is 0.265 e. The average molecular weight is 336 g/mol. The molecule has 0 aromatic carbocycles. The van der Waals surface area contributed by atoms with E-state index < -0.39 is 0 Å². The first-order valence-electron chi connectivity index (χ1n) is 6.60. The molecule has 0 bridgehead atoms. The van der Waals surface area contributed by atoms with E-state index in [4.69, 9.17) is 0 Å². The van der Waals surface area contributed by atoms with Crippen LogP contribution in [0.4, 0.5) is 0 Å². The molecule has 0 fully saturated rings. The molecule has 0 aliphatic carbocycles. The Kier molecular flexibility index (Phi) is 4.38. The number of hydrogen-bond donors (Lipinski definition) is 1. The lowest BCUT2D eigenvalue weighted by Crippen LogP contribution is -2.15. The third kappa shape index (κ3) is 3.15. The van der Waals surface area contributed by atoms with Gasteiger partial charge in [-0.25, -0.2) is 4.98 Å². The van der Waals surface area contributed by atoms with Crippen LogP contribution in [0.2, 0.25) is 0 Å². The minimum absolute atomic E-state index is 0.160. The Bertz CT molecular complexity index is 692. The number of hydrogen-bond acceptors (Lipinski definition) is 3. The molecule has 0 spiro atoms. The topological polar surface area (TPSA) is 58.6 Å². The lowest BCUT2D eigenvalue weighted by Gasteiger charge is -2.10. The van der Waals surface area contributed by atoms with Crippen LogP contribution in [-0.4, -0.2) is 15.0 Å². The second-order valence-corrected chi connectivity index (χ2v) is 6.24. The van der Waals surface area contributed by atoms with E-state index in [1.807, 2.05) is 19.9 Å². The number of nitrogens with one attached hydrogen (secondary N) is 1. The van der Waals surface area contributed by atoms with Gasteiger partial charge in [0.05, 0.1) is 5.69 Å². The molecule has 0 radical (unpaired) electrons. The van der Waals surface area contributed by atoms with Crippen molar-refractivity contribution < 1.29 is 0 Å². The third-order valence-electron chi connectivity index (χ3n) is 2.97. The van der Waals surface area contributed by atoms with E-state index in [0.717, 1.165) is 28.9 Å². The van der Waals surface area contributed by atoms with Crippen LogP contribution in [0.1, 0.15) is 30.7 Å². The monoisotopic (exact) mass is 335 g/mol. The molecule has 0 saturated carbocycles. The molecular weight excluding hydrogens is 318 g/mol. The van der Waals surface area contributed by atoms with Crippen LogP contribution in [-0.2, 0) is 6.42 Å². The molecule has 106 valence electrons. The van der Waals surface area contributed by atoms with Crippen LogP contribution in [0.5, 0.6) is 0 Å². The summed E-state index contributed by atoms with van der Waals surface area (Å²) in [6.45, 7) is 8.17. The van der Waals surface area contributed by atoms with Crippen molar-refractivity contribution in [2.45, 2.75) is 34.1 Å². The Morgan fingerprint density at radius 3 is 2.65 bits per heavy atom. The molecule has 20 heavy (non-hydrogen) atoms. The van der Waals surface area contributed by atoms with E-state index in [1.54, 1.807) is 6.20 Å². The number of aryl methyl sites for hydroxylation is 2. The first kappa shape index (κ1) is 14.9. The zero-order valence-electron chi connectivity index (χ0n) is 12.1. The Balaban J connectivity index is 2.57. The van der Waals surface area contributed by atoms with Crippen molar-refractivity contribution in [2.75, 3.05) is 0 Å². The smallest absolute Gasteiger partial charge is 0.265 e. The minimum atomic E-state index is -0.160. The van der Waals surface area contributed by atoms with Gasteiger partial charge >= 0.3 is 0 Å². The zero-order chi connectivity index (χ0) is 14.9. The number of aromatic nitrogens is 3. The first-order chi connectivity index (χ1) is 9.38. The van der Waals surface area contributed by atoms with Crippen molar-refractivity contribution in [2.24, 2.45) is 5.92 Å². The lowest BCUT2D eigenvalue weighted by atomic mass is 10.1. The van der Waals surface area contributed by atoms with Crippen molar-refractivity contribution in [1.82, 2.24) is 15.0 Å². The molecule has 4 nitrogen and oxygen atoms in total. The number of pyridine rings is 1. The van der Waals surface area contributed by atoms with Crippen molar-refractivity contribution in [1.29, 1.82) is 0 Å². The number of halogens is 1. The van der Waals surface area contributed by atoms with Gasteiger partial charge in [-0.3, -0.25) is 9.78 Å². The van der Waals surface area contributed by atoms with Gasteiger partial charge in [0.25, 0.3) is 5.56 Å².